The fourth-order valence-electron chi connectivity index (χ4n) is 1.47. The third-order valence-electron chi connectivity index (χ3n) is 2.19. The maximum Gasteiger partial charge on any atom is 0.229 e. The zero-order valence-corrected chi connectivity index (χ0v) is 11.9. The molecule has 0 aliphatic heterocycles. The molecule has 15 heavy (non-hydrogen) atoms. The van der Waals surface area contributed by atoms with Gasteiger partial charge in [0.2, 0.25) is 10.0 Å². The number of nitrogens with one attached hydrogen (secondary N) is 1. The Hall–Kier alpha value is -0.300. The maximum absolute atomic E-state index is 11.1. The van der Waals surface area contributed by atoms with Crippen LogP contribution in [0.3, 0.4) is 0 Å². The summed E-state index contributed by atoms with van der Waals surface area (Å²) in [6, 6.07) is 3.73. The lowest BCUT2D eigenvalue weighted by atomic mass is 10.1. The van der Waals surface area contributed by atoms with Crippen LogP contribution in [0.2, 0.25) is 0 Å². The van der Waals surface area contributed by atoms with Crippen molar-refractivity contribution >= 4 is 38.3 Å². The minimum atomic E-state index is -3.19. The van der Waals surface area contributed by atoms with E-state index in [9.17, 15) is 8.42 Å². The van der Waals surface area contributed by atoms with E-state index in [4.69, 9.17) is 0 Å². The van der Waals surface area contributed by atoms with E-state index in [1.54, 1.807) is 6.07 Å². The molecule has 1 aromatic rings. The number of benzene rings is 1. The van der Waals surface area contributed by atoms with Gasteiger partial charge in [0.05, 0.1) is 11.9 Å². The number of anilines is 1. The molecular weight excluding hydrogens is 325 g/mol. The second-order valence-corrected chi connectivity index (χ2v) is 6.34. The zero-order valence-electron chi connectivity index (χ0n) is 8.96. The van der Waals surface area contributed by atoms with Gasteiger partial charge in [0.25, 0.3) is 0 Å². The van der Waals surface area contributed by atoms with E-state index >= 15 is 0 Å². The first kappa shape index (κ1) is 12.8. The van der Waals surface area contributed by atoms with Gasteiger partial charge >= 0.3 is 0 Å². The molecule has 0 aromatic heterocycles. The summed E-state index contributed by atoms with van der Waals surface area (Å²) in [5.41, 5.74) is 2.88. The van der Waals surface area contributed by atoms with Crippen LogP contribution < -0.4 is 4.72 Å². The SMILES string of the molecule is CCc1c(I)ccc(NS(C)(=O)=O)c1C. The Balaban J connectivity index is 3.22. The molecule has 5 heteroatoms. The van der Waals surface area contributed by atoms with Crippen LogP contribution in [-0.4, -0.2) is 14.7 Å². The molecule has 84 valence electrons. The standard InChI is InChI=1S/C10H14INO2S/c1-4-8-7(2)10(6-5-9(8)11)12-15(3,13)14/h5-6,12H,4H2,1-3H3. The summed E-state index contributed by atoms with van der Waals surface area (Å²) in [5.74, 6) is 0. The van der Waals surface area contributed by atoms with Crippen molar-refractivity contribution < 1.29 is 8.42 Å². The van der Waals surface area contributed by atoms with Crippen molar-refractivity contribution in [3.63, 3.8) is 0 Å². The molecule has 0 atom stereocenters. The van der Waals surface area contributed by atoms with Crippen molar-refractivity contribution in [2.24, 2.45) is 0 Å². The Labute approximate surface area is 104 Å². The van der Waals surface area contributed by atoms with Crippen LogP contribution in [0.15, 0.2) is 12.1 Å². The maximum atomic E-state index is 11.1. The van der Waals surface area contributed by atoms with Crippen molar-refractivity contribution in [3.8, 4) is 0 Å². The lowest BCUT2D eigenvalue weighted by Crippen LogP contribution is -2.11. The van der Waals surface area contributed by atoms with E-state index in [-0.39, 0.29) is 0 Å². The first-order chi connectivity index (χ1) is 6.85. The van der Waals surface area contributed by atoms with Crippen LogP contribution in [0.5, 0.6) is 0 Å². The highest BCUT2D eigenvalue weighted by Crippen LogP contribution is 2.25. The fourth-order valence-corrected chi connectivity index (χ4v) is 3.05. The molecular formula is C10H14INO2S. The van der Waals surface area contributed by atoms with Gasteiger partial charge in [-0.15, -0.1) is 0 Å². The summed E-state index contributed by atoms with van der Waals surface area (Å²) in [6.45, 7) is 4.00. The molecule has 0 aliphatic carbocycles. The van der Waals surface area contributed by atoms with Gasteiger partial charge in [-0.3, -0.25) is 4.72 Å². The smallest absolute Gasteiger partial charge is 0.229 e. The van der Waals surface area contributed by atoms with Crippen LogP contribution in [0.25, 0.3) is 0 Å². The van der Waals surface area contributed by atoms with Gasteiger partial charge in [-0.2, -0.15) is 0 Å². The average molecular weight is 339 g/mol. The van der Waals surface area contributed by atoms with E-state index in [0.717, 1.165) is 18.2 Å². The predicted octanol–water partition coefficient (Wildman–Crippen LogP) is 2.53. The fraction of sp³-hybridized carbons (Fsp3) is 0.400. The third kappa shape index (κ3) is 3.34. The van der Waals surface area contributed by atoms with Crippen LogP contribution >= 0.6 is 22.6 Å². The Bertz CT molecular complexity index is 469. The summed E-state index contributed by atoms with van der Waals surface area (Å²) in [4.78, 5) is 0. The third-order valence-corrected chi connectivity index (χ3v) is 3.79. The number of hydrogen-bond acceptors (Lipinski definition) is 2. The highest BCUT2D eigenvalue weighted by Gasteiger charge is 2.09. The van der Waals surface area contributed by atoms with Crippen molar-refractivity contribution in [2.45, 2.75) is 20.3 Å². The molecule has 0 unspecified atom stereocenters. The molecule has 0 aliphatic rings. The van der Waals surface area contributed by atoms with Gasteiger partial charge < -0.3 is 0 Å². The molecule has 0 bridgehead atoms. The molecule has 0 fully saturated rings. The summed E-state index contributed by atoms with van der Waals surface area (Å²) in [7, 11) is -3.19. The second kappa shape index (κ2) is 4.69. The van der Waals surface area contributed by atoms with Crippen LogP contribution in [0.1, 0.15) is 18.1 Å². The molecule has 3 nitrogen and oxygen atoms in total. The first-order valence-electron chi connectivity index (χ1n) is 4.61. The van der Waals surface area contributed by atoms with E-state index in [1.807, 2.05) is 13.0 Å². The molecule has 0 spiro atoms. The summed E-state index contributed by atoms with van der Waals surface area (Å²) >= 11 is 2.26. The normalized spacial score (nSPS) is 11.5. The van der Waals surface area contributed by atoms with Gasteiger partial charge in [-0.1, -0.05) is 6.92 Å². The van der Waals surface area contributed by atoms with Crippen LogP contribution in [0, 0.1) is 10.5 Å². The van der Waals surface area contributed by atoms with E-state index < -0.39 is 10.0 Å². The summed E-state index contributed by atoms with van der Waals surface area (Å²) in [6.07, 6.45) is 2.07. The molecule has 1 rings (SSSR count). The second-order valence-electron chi connectivity index (χ2n) is 3.43. The van der Waals surface area contributed by atoms with Crippen molar-refractivity contribution in [3.05, 3.63) is 26.8 Å². The van der Waals surface area contributed by atoms with Crippen molar-refractivity contribution in [1.82, 2.24) is 0 Å². The molecule has 0 amide bonds. The zero-order chi connectivity index (χ0) is 11.6. The predicted molar refractivity (Wildman–Crippen MR) is 71.7 cm³/mol. The van der Waals surface area contributed by atoms with Gasteiger partial charge in [-0.05, 0) is 59.2 Å². The number of rotatable bonds is 3. The Morgan fingerprint density at radius 2 is 2.00 bits per heavy atom. The highest BCUT2D eigenvalue weighted by molar-refractivity contribution is 14.1. The molecule has 1 N–H and O–H groups in total. The van der Waals surface area contributed by atoms with Gasteiger partial charge in [0.15, 0.2) is 0 Å². The topological polar surface area (TPSA) is 46.2 Å². The molecule has 0 saturated heterocycles. The average Bonchev–Trinajstić information content (AvgIpc) is 2.09. The first-order valence-corrected chi connectivity index (χ1v) is 7.58. The number of sulfonamides is 1. The van der Waals surface area contributed by atoms with Gasteiger partial charge in [-0.25, -0.2) is 8.42 Å². The van der Waals surface area contributed by atoms with E-state index in [0.29, 0.717) is 5.69 Å². The molecule has 0 heterocycles. The van der Waals surface area contributed by atoms with Crippen LogP contribution in [0.4, 0.5) is 5.69 Å². The quantitative estimate of drug-likeness (QED) is 0.861. The highest BCUT2D eigenvalue weighted by atomic mass is 127. The van der Waals surface area contributed by atoms with Gasteiger partial charge in [0.1, 0.15) is 0 Å². The van der Waals surface area contributed by atoms with Crippen molar-refractivity contribution in [2.75, 3.05) is 11.0 Å². The summed E-state index contributed by atoms with van der Waals surface area (Å²) < 4.78 is 25.9. The Morgan fingerprint density at radius 1 is 1.40 bits per heavy atom. The molecule has 0 radical (unpaired) electrons. The van der Waals surface area contributed by atoms with E-state index in [2.05, 4.69) is 34.2 Å². The van der Waals surface area contributed by atoms with Crippen LogP contribution in [-0.2, 0) is 16.4 Å². The lowest BCUT2D eigenvalue weighted by molar-refractivity contribution is 0.607. The number of halogens is 1. The van der Waals surface area contributed by atoms with Gasteiger partial charge in [0, 0.05) is 3.57 Å². The summed E-state index contributed by atoms with van der Waals surface area (Å²) in [5, 5.41) is 0. The van der Waals surface area contributed by atoms with E-state index in [1.165, 1.54) is 9.13 Å². The lowest BCUT2D eigenvalue weighted by Gasteiger charge is -2.12. The Morgan fingerprint density at radius 3 is 2.47 bits per heavy atom. The monoisotopic (exact) mass is 339 g/mol. The Kier molecular flexibility index (Phi) is 3.99. The number of hydrogen-bond donors (Lipinski definition) is 1. The van der Waals surface area contributed by atoms with Crippen molar-refractivity contribution in [1.29, 1.82) is 0 Å². The minimum Gasteiger partial charge on any atom is -0.284 e. The molecule has 1 aromatic carbocycles. The minimum absolute atomic E-state index is 0.676. The molecule has 0 saturated carbocycles. The largest absolute Gasteiger partial charge is 0.284 e.